The molecule has 1 aromatic heterocycles. The summed E-state index contributed by atoms with van der Waals surface area (Å²) in [7, 11) is 6.15. The van der Waals surface area contributed by atoms with Gasteiger partial charge in [-0.25, -0.2) is 0 Å². The number of methoxy groups -OCH3 is 4. The van der Waals surface area contributed by atoms with Crippen LogP contribution in [0.25, 0.3) is 10.2 Å². The number of terminal acetylenes is 1. The van der Waals surface area contributed by atoms with Crippen LogP contribution < -0.4 is 23.7 Å². The van der Waals surface area contributed by atoms with E-state index < -0.39 is 5.91 Å². The summed E-state index contributed by atoms with van der Waals surface area (Å²) in [6.45, 7) is 0.247. The highest BCUT2D eigenvalue weighted by atomic mass is 32.1. The van der Waals surface area contributed by atoms with Crippen LogP contribution in [0.1, 0.15) is 10.4 Å². The van der Waals surface area contributed by atoms with Crippen molar-refractivity contribution < 1.29 is 23.7 Å². The number of aromatic nitrogens is 1. The molecule has 2 aromatic carbocycles. The summed E-state index contributed by atoms with van der Waals surface area (Å²) in [5.74, 6) is 4.24. The predicted molar refractivity (Wildman–Crippen MR) is 111 cm³/mol. The third-order valence-electron chi connectivity index (χ3n) is 4.27. The molecule has 0 bridgehead atoms. The second-order valence-electron chi connectivity index (χ2n) is 5.83. The lowest BCUT2D eigenvalue weighted by atomic mass is 10.2. The quantitative estimate of drug-likeness (QED) is 0.582. The van der Waals surface area contributed by atoms with Crippen LogP contribution in [0.5, 0.6) is 23.0 Å². The molecule has 29 heavy (non-hydrogen) atoms. The standard InChI is InChI=1S/C21H20N2O5S/c1-6-9-23-15-11-17(27-4)18(28-5)12-19(15)29-21(23)22-20(24)14-10-13(25-2)7-8-16(14)26-3/h1,7-8,10-12H,9H2,2-5H3. The summed E-state index contributed by atoms with van der Waals surface area (Å²) < 4.78 is 23.9. The highest BCUT2D eigenvalue weighted by Crippen LogP contribution is 2.33. The first-order valence-corrected chi connectivity index (χ1v) is 9.37. The highest BCUT2D eigenvalue weighted by Gasteiger charge is 2.16. The molecule has 0 aliphatic carbocycles. The second kappa shape index (κ2) is 8.71. The van der Waals surface area contributed by atoms with E-state index in [-0.39, 0.29) is 6.54 Å². The molecule has 0 radical (unpaired) electrons. The fourth-order valence-electron chi connectivity index (χ4n) is 2.85. The Hall–Kier alpha value is -3.44. The van der Waals surface area contributed by atoms with Crippen LogP contribution in [0.15, 0.2) is 35.3 Å². The number of hydrogen-bond donors (Lipinski definition) is 0. The highest BCUT2D eigenvalue weighted by molar-refractivity contribution is 7.16. The summed E-state index contributed by atoms with van der Waals surface area (Å²) in [5.41, 5.74) is 1.10. The Kier molecular flexibility index (Phi) is 6.10. The minimum absolute atomic E-state index is 0.247. The largest absolute Gasteiger partial charge is 0.497 e. The molecule has 7 nitrogen and oxygen atoms in total. The molecule has 3 aromatic rings. The summed E-state index contributed by atoms with van der Waals surface area (Å²) in [6, 6.07) is 8.62. The Labute approximate surface area is 172 Å². The van der Waals surface area contributed by atoms with Gasteiger partial charge in [0.05, 0.1) is 50.8 Å². The van der Waals surface area contributed by atoms with Gasteiger partial charge in [-0.05, 0) is 18.2 Å². The van der Waals surface area contributed by atoms with Crippen LogP contribution in [0.4, 0.5) is 0 Å². The molecular formula is C21H20N2O5S. The molecular weight excluding hydrogens is 392 g/mol. The molecule has 0 aliphatic rings. The summed E-state index contributed by atoms with van der Waals surface area (Å²) in [5, 5.41) is 0. The maximum absolute atomic E-state index is 12.9. The van der Waals surface area contributed by atoms with Gasteiger partial charge in [-0.2, -0.15) is 4.99 Å². The average Bonchev–Trinajstić information content (AvgIpc) is 3.08. The van der Waals surface area contributed by atoms with Crippen LogP contribution in [0.3, 0.4) is 0 Å². The Morgan fingerprint density at radius 1 is 1.03 bits per heavy atom. The number of benzene rings is 2. The van der Waals surface area contributed by atoms with Crippen LogP contribution >= 0.6 is 11.3 Å². The van der Waals surface area contributed by atoms with E-state index in [9.17, 15) is 4.79 Å². The van der Waals surface area contributed by atoms with Gasteiger partial charge < -0.3 is 23.5 Å². The summed E-state index contributed by atoms with van der Waals surface area (Å²) in [4.78, 5) is 17.7. The SMILES string of the molecule is C#CCn1c(=NC(=O)c2cc(OC)ccc2OC)sc2cc(OC)c(OC)cc21. The number of carbonyl (C=O) groups is 1. The molecule has 0 unspecified atom stereocenters. The molecule has 0 N–H and O–H groups in total. The third kappa shape index (κ3) is 3.91. The van der Waals surface area contributed by atoms with E-state index in [1.54, 1.807) is 37.0 Å². The molecule has 0 saturated heterocycles. The lowest BCUT2D eigenvalue weighted by Crippen LogP contribution is -2.16. The Balaban J connectivity index is 2.21. The second-order valence-corrected chi connectivity index (χ2v) is 6.84. The molecule has 150 valence electrons. The van der Waals surface area contributed by atoms with Crippen molar-refractivity contribution in [1.29, 1.82) is 0 Å². The van der Waals surface area contributed by atoms with Crippen molar-refractivity contribution >= 4 is 27.5 Å². The number of carbonyl (C=O) groups excluding carboxylic acids is 1. The normalized spacial score (nSPS) is 11.2. The van der Waals surface area contributed by atoms with Crippen molar-refractivity contribution in [2.24, 2.45) is 4.99 Å². The monoisotopic (exact) mass is 412 g/mol. The van der Waals surface area contributed by atoms with Gasteiger partial charge in [-0.3, -0.25) is 4.79 Å². The molecule has 1 heterocycles. The van der Waals surface area contributed by atoms with Crippen molar-refractivity contribution in [3.05, 3.63) is 40.7 Å². The topological polar surface area (TPSA) is 71.3 Å². The van der Waals surface area contributed by atoms with Gasteiger partial charge >= 0.3 is 0 Å². The zero-order valence-corrected chi connectivity index (χ0v) is 17.3. The molecule has 8 heteroatoms. The van der Waals surface area contributed by atoms with E-state index in [1.165, 1.54) is 25.6 Å². The van der Waals surface area contributed by atoms with E-state index >= 15 is 0 Å². The van der Waals surface area contributed by atoms with Crippen LogP contribution in [-0.4, -0.2) is 38.9 Å². The first kappa shape index (κ1) is 20.3. The smallest absolute Gasteiger partial charge is 0.283 e. The average molecular weight is 412 g/mol. The van der Waals surface area contributed by atoms with E-state index in [2.05, 4.69) is 10.9 Å². The molecule has 0 saturated carbocycles. The Bertz CT molecular complexity index is 1170. The number of fused-ring (bicyclic) bond motifs is 1. The van der Waals surface area contributed by atoms with Crippen molar-refractivity contribution in [2.45, 2.75) is 6.54 Å². The zero-order chi connectivity index (χ0) is 21.0. The molecule has 0 aliphatic heterocycles. The van der Waals surface area contributed by atoms with Crippen molar-refractivity contribution in [1.82, 2.24) is 4.57 Å². The minimum atomic E-state index is -0.461. The Morgan fingerprint density at radius 2 is 1.72 bits per heavy atom. The number of amides is 1. The van der Waals surface area contributed by atoms with Gasteiger partial charge in [0.2, 0.25) is 0 Å². The van der Waals surface area contributed by atoms with E-state index in [0.29, 0.717) is 33.4 Å². The van der Waals surface area contributed by atoms with Gasteiger partial charge in [-0.15, -0.1) is 6.42 Å². The van der Waals surface area contributed by atoms with Crippen LogP contribution in [0.2, 0.25) is 0 Å². The summed E-state index contributed by atoms with van der Waals surface area (Å²) >= 11 is 1.33. The molecule has 1 amide bonds. The zero-order valence-electron chi connectivity index (χ0n) is 16.5. The van der Waals surface area contributed by atoms with Gasteiger partial charge in [-0.1, -0.05) is 17.3 Å². The van der Waals surface area contributed by atoms with E-state index in [0.717, 1.165) is 10.2 Å². The number of ether oxygens (including phenoxy) is 4. The summed E-state index contributed by atoms with van der Waals surface area (Å²) in [6.07, 6.45) is 5.55. The minimum Gasteiger partial charge on any atom is -0.497 e. The lowest BCUT2D eigenvalue weighted by Gasteiger charge is -2.08. The molecule has 3 rings (SSSR count). The number of rotatable bonds is 6. The van der Waals surface area contributed by atoms with Crippen molar-refractivity contribution in [2.75, 3.05) is 28.4 Å². The lowest BCUT2D eigenvalue weighted by molar-refractivity contribution is 0.0994. The number of thiazole rings is 1. The molecule has 0 spiro atoms. The Morgan fingerprint density at radius 3 is 2.34 bits per heavy atom. The first-order chi connectivity index (χ1) is 14.1. The molecule has 0 fully saturated rings. The van der Waals surface area contributed by atoms with Crippen LogP contribution in [-0.2, 0) is 6.54 Å². The van der Waals surface area contributed by atoms with Gasteiger partial charge in [0, 0.05) is 12.1 Å². The van der Waals surface area contributed by atoms with Crippen molar-refractivity contribution in [3.63, 3.8) is 0 Å². The number of hydrogen-bond acceptors (Lipinski definition) is 6. The van der Waals surface area contributed by atoms with Gasteiger partial charge in [0.15, 0.2) is 16.3 Å². The maximum Gasteiger partial charge on any atom is 0.283 e. The van der Waals surface area contributed by atoms with Crippen molar-refractivity contribution in [3.8, 4) is 35.3 Å². The maximum atomic E-state index is 12.9. The predicted octanol–water partition coefficient (Wildman–Crippen LogP) is 3.11. The first-order valence-electron chi connectivity index (χ1n) is 8.56. The van der Waals surface area contributed by atoms with Gasteiger partial charge in [0.25, 0.3) is 5.91 Å². The fourth-order valence-corrected chi connectivity index (χ4v) is 3.89. The number of nitrogens with zero attached hydrogens (tertiary/aromatic N) is 2. The van der Waals surface area contributed by atoms with E-state index in [4.69, 9.17) is 25.4 Å². The third-order valence-corrected chi connectivity index (χ3v) is 5.31. The fraction of sp³-hybridized carbons (Fsp3) is 0.238. The van der Waals surface area contributed by atoms with E-state index in [1.807, 2.05) is 12.1 Å². The van der Waals surface area contributed by atoms with Crippen LogP contribution in [0, 0.1) is 12.3 Å². The molecule has 0 atom stereocenters. The van der Waals surface area contributed by atoms with Gasteiger partial charge in [0.1, 0.15) is 11.5 Å².